The monoisotopic (exact) mass is 357 g/mol. The summed E-state index contributed by atoms with van der Waals surface area (Å²) >= 11 is 0. The Bertz CT molecular complexity index is 668. The van der Waals surface area contributed by atoms with Crippen LogP contribution in [-0.2, 0) is 16.6 Å². The van der Waals surface area contributed by atoms with Gasteiger partial charge in [0.15, 0.2) is 0 Å². The Balaban J connectivity index is 1.78. The first kappa shape index (κ1) is 18.3. The van der Waals surface area contributed by atoms with Crippen molar-refractivity contribution in [2.24, 2.45) is 7.05 Å². The van der Waals surface area contributed by atoms with E-state index in [1.165, 1.54) is 0 Å². The summed E-state index contributed by atoms with van der Waals surface area (Å²) in [5.74, 6) is -5.23. The topological polar surface area (TPSA) is 76.4 Å². The van der Waals surface area contributed by atoms with Gasteiger partial charge < -0.3 is 15.2 Å². The Kier molecular flexibility index (Phi) is 4.61. The quantitative estimate of drug-likeness (QED) is 0.863. The van der Waals surface area contributed by atoms with E-state index in [2.05, 4.69) is 10.4 Å². The van der Waals surface area contributed by atoms with E-state index in [1.807, 2.05) is 13.8 Å². The van der Waals surface area contributed by atoms with E-state index in [-0.39, 0.29) is 12.8 Å². The number of carbonyl (C=O) groups is 1. The van der Waals surface area contributed by atoms with Crippen molar-refractivity contribution in [3.8, 4) is 0 Å². The normalized spacial score (nSPS) is 26.2. The SMILES string of the molecule is Cc1nn(C)c(C)c1[C@H]1OCC[C@@H]1NC(=O)C(F)(F)C1(O)CCCC1. The van der Waals surface area contributed by atoms with Crippen LogP contribution in [0.15, 0.2) is 0 Å². The number of ether oxygens (including phenoxy) is 1. The number of amides is 1. The Morgan fingerprint density at radius 2 is 2.04 bits per heavy atom. The zero-order chi connectivity index (χ0) is 18.4. The molecular weight excluding hydrogens is 332 g/mol. The second kappa shape index (κ2) is 6.32. The Hall–Kier alpha value is -1.54. The van der Waals surface area contributed by atoms with Crippen molar-refractivity contribution in [2.45, 2.75) is 69.6 Å². The van der Waals surface area contributed by atoms with Gasteiger partial charge in [-0.05, 0) is 33.1 Å². The maximum atomic E-state index is 14.5. The number of rotatable bonds is 4. The molecule has 1 aromatic heterocycles. The largest absolute Gasteiger partial charge is 0.383 e. The van der Waals surface area contributed by atoms with Crippen LogP contribution in [-0.4, -0.2) is 45.0 Å². The molecule has 8 heteroatoms. The van der Waals surface area contributed by atoms with Gasteiger partial charge >= 0.3 is 5.92 Å². The van der Waals surface area contributed by atoms with Crippen LogP contribution in [0.1, 0.15) is 55.2 Å². The number of alkyl halides is 2. The molecule has 1 amide bonds. The average molecular weight is 357 g/mol. The smallest absolute Gasteiger partial charge is 0.352 e. The summed E-state index contributed by atoms with van der Waals surface area (Å²) < 4.78 is 36.5. The van der Waals surface area contributed by atoms with Crippen LogP contribution in [0.5, 0.6) is 0 Å². The minimum atomic E-state index is -3.81. The third-order valence-electron chi connectivity index (χ3n) is 5.56. The van der Waals surface area contributed by atoms with Gasteiger partial charge in [-0.2, -0.15) is 13.9 Å². The first-order valence-electron chi connectivity index (χ1n) is 8.70. The highest BCUT2D eigenvalue weighted by Crippen LogP contribution is 2.42. The van der Waals surface area contributed by atoms with Crippen LogP contribution in [0.2, 0.25) is 0 Å². The predicted octanol–water partition coefficient (Wildman–Crippen LogP) is 1.92. The summed E-state index contributed by atoms with van der Waals surface area (Å²) in [4.78, 5) is 12.3. The van der Waals surface area contributed by atoms with Crippen molar-refractivity contribution in [3.05, 3.63) is 17.0 Å². The van der Waals surface area contributed by atoms with Crippen molar-refractivity contribution < 1.29 is 23.4 Å². The number of hydrogen-bond donors (Lipinski definition) is 2. The van der Waals surface area contributed by atoms with Crippen molar-refractivity contribution >= 4 is 5.91 Å². The molecule has 2 aliphatic rings. The summed E-state index contributed by atoms with van der Waals surface area (Å²) in [6.07, 6.45) is 0.827. The molecule has 0 bridgehead atoms. The zero-order valence-electron chi connectivity index (χ0n) is 14.8. The molecule has 2 N–H and O–H groups in total. The Morgan fingerprint density at radius 1 is 1.40 bits per heavy atom. The summed E-state index contributed by atoms with van der Waals surface area (Å²) in [6.45, 7) is 4.09. The lowest BCUT2D eigenvalue weighted by atomic mass is 9.92. The first-order valence-corrected chi connectivity index (χ1v) is 8.70. The molecule has 0 unspecified atom stereocenters. The standard InChI is InChI=1S/C17H25F2N3O3/c1-10-13(11(2)22(3)21-10)14-12(6-9-25-14)20-15(23)17(18,19)16(24)7-4-5-8-16/h12,14,24H,4-9H2,1-3H3,(H,20,23)/t12-,14-/m0/s1. The lowest BCUT2D eigenvalue weighted by molar-refractivity contribution is -0.191. The van der Waals surface area contributed by atoms with Gasteiger partial charge in [0.25, 0.3) is 5.91 Å². The molecule has 3 rings (SSSR count). The molecular formula is C17H25F2N3O3. The van der Waals surface area contributed by atoms with Gasteiger partial charge in [0, 0.05) is 24.9 Å². The van der Waals surface area contributed by atoms with Crippen molar-refractivity contribution in [1.29, 1.82) is 0 Å². The van der Waals surface area contributed by atoms with E-state index < -0.39 is 29.6 Å². The molecule has 2 heterocycles. The van der Waals surface area contributed by atoms with E-state index in [0.29, 0.717) is 25.9 Å². The van der Waals surface area contributed by atoms with E-state index in [1.54, 1.807) is 11.7 Å². The van der Waals surface area contributed by atoms with Crippen molar-refractivity contribution in [1.82, 2.24) is 15.1 Å². The number of aromatic nitrogens is 2. The van der Waals surface area contributed by atoms with Gasteiger partial charge in [-0.15, -0.1) is 0 Å². The molecule has 25 heavy (non-hydrogen) atoms. The molecule has 1 saturated heterocycles. The summed E-state index contributed by atoms with van der Waals surface area (Å²) in [5, 5.41) is 16.9. The molecule has 0 radical (unpaired) electrons. The Morgan fingerprint density at radius 3 is 2.60 bits per heavy atom. The lowest BCUT2D eigenvalue weighted by Crippen LogP contribution is -2.57. The zero-order valence-corrected chi connectivity index (χ0v) is 14.8. The number of aliphatic hydroxyl groups is 1. The van der Waals surface area contributed by atoms with Crippen LogP contribution in [0.3, 0.4) is 0 Å². The van der Waals surface area contributed by atoms with Gasteiger partial charge in [-0.1, -0.05) is 12.8 Å². The molecule has 2 atom stereocenters. The number of nitrogens with zero attached hydrogens (tertiary/aromatic N) is 2. The van der Waals surface area contributed by atoms with Crippen LogP contribution in [0.25, 0.3) is 0 Å². The number of nitrogens with one attached hydrogen (secondary N) is 1. The second-order valence-corrected chi connectivity index (χ2v) is 7.18. The third-order valence-corrected chi connectivity index (χ3v) is 5.56. The maximum absolute atomic E-state index is 14.5. The van der Waals surface area contributed by atoms with Crippen LogP contribution >= 0.6 is 0 Å². The molecule has 2 fully saturated rings. The highest BCUT2D eigenvalue weighted by atomic mass is 19.3. The van der Waals surface area contributed by atoms with Gasteiger partial charge in [-0.3, -0.25) is 9.48 Å². The van der Waals surface area contributed by atoms with Crippen LogP contribution < -0.4 is 5.32 Å². The fourth-order valence-electron chi connectivity index (χ4n) is 3.97. The summed E-state index contributed by atoms with van der Waals surface area (Å²) in [6, 6.07) is -0.565. The van der Waals surface area contributed by atoms with Crippen molar-refractivity contribution in [3.63, 3.8) is 0 Å². The van der Waals surface area contributed by atoms with Crippen LogP contribution in [0, 0.1) is 13.8 Å². The number of hydrogen-bond acceptors (Lipinski definition) is 4. The van der Waals surface area contributed by atoms with E-state index in [4.69, 9.17) is 4.74 Å². The van der Waals surface area contributed by atoms with E-state index in [0.717, 1.165) is 17.0 Å². The molecule has 1 aliphatic heterocycles. The molecule has 0 aromatic carbocycles. The van der Waals surface area contributed by atoms with Gasteiger partial charge in [-0.25, -0.2) is 0 Å². The van der Waals surface area contributed by atoms with Gasteiger partial charge in [0.1, 0.15) is 11.7 Å². The Labute approximate surface area is 145 Å². The fourth-order valence-corrected chi connectivity index (χ4v) is 3.97. The minimum absolute atomic E-state index is 0.0567. The van der Waals surface area contributed by atoms with E-state index >= 15 is 0 Å². The molecule has 140 valence electrons. The van der Waals surface area contributed by atoms with Crippen molar-refractivity contribution in [2.75, 3.05) is 6.61 Å². The number of aryl methyl sites for hydroxylation is 2. The fraction of sp³-hybridized carbons (Fsp3) is 0.765. The summed E-state index contributed by atoms with van der Waals surface area (Å²) in [7, 11) is 1.80. The lowest BCUT2D eigenvalue weighted by Gasteiger charge is -2.32. The van der Waals surface area contributed by atoms with Crippen LogP contribution in [0.4, 0.5) is 8.78 Å². The number of carbonyl (C=O) groups excluding carboxylic acids is 1. The maximum Gasteiger partial charge on any atom is 0.352 e. The molecule has 1 saturated carbocycles. The molecule has 1 aliphatic carbocycles. The molecule has 0 spiro atoms. The predicted molar refractivity (Wildman–Crippen MR) is 86.3 cm³/mol. The third kappa shape index (κ3) is 2.95. The van der Waals surface area contributed by atoms with Gasteiger partial charge in [0.2, 0.25) is 0 Å². The van der Waals surface area contributed by atoms with E-state index in [9.17, 15) is 18.7 Å². The molecule has 1 aromatic rings. The highest BCUT2D eigenvalue weighted by molar-refractivity contribution is 5.85. The summed E-state index contributed by atoms with van der Waals surface area (Å²) in [5.41, 5.74) is 0.219. The number of halogens is 2. The average Bonchev–Trinajstić information content (AvgIpc) is 3.22. The second-order valence-electron chi connectivity index (χ2n) is 7.18. The first-order chi connectivity index (χ1) is 11.7. The minimum Gasteiger partial charge on any atom is -0.383 e. The highest BCUT2D eigenvalue weighted by Gasteiger charge is 2.59. The molecule has 6 nitrogen and oxygen atoms in total. The van der Waals surface area contributed by atoms with Gasteiger partial charge in [0.05, 0.1) is 11.7 Å².